The number of hydrogen-bond acceptors (Lipinski definition) is 6. The molecule has 2 heterocycles. The maximum absolute atomic E-state index is 13.0. The number of amides is 3. The molecule has 0 radical (unpaired) electrons. The number of anilines is 1. The third-order valence-corrected chi connectivity index (χ3v) is 5.68. The van der Waals surface area contributed by atoms with Crippen LogP contribution in [0.25, 0.3) is 0 Å². The van der Waals surface area contributed by atoms with Crippen molar-refractivity contribution in [2.24, 2.45) is 0 Å². The van der Waals surface area contributed by atoms with Crippen molar-refractivity contribution in [2.75, 3.05) is 32.3 Å². The van der Waals surface area contributed by atoms with Crippen LogP contribution in [0.15, 0.2) is 42.5 Å². The quantitative estimate of drug-likeness (QED) is 0.761. The molecule has 8 heteroatoms. The van der Waals surface area contributed by atoms with Crippen molar-refractivity contribution in [1.82, 2.24) is 9.80 Å². The van der Waals surface area contributed by atoms with Gasteiger partial charge in [-0.05, 0) is 31.2 Å². The largest absolute Gasteiger partial charge is 0.496 e. The summed E-state index contributed by atoms with van der Waals surface area (Å²) in [7, 11) is 3.13. The van der Waals surface area contributed by atoms with Gasteiger partial charge in [-0.25, -0.2) is 9.69 Å². The first kappa shape index (κ1) is 20.2. The summed E-state index contributed by atoms with van der Waals surface area (Å²) in [6, 6.07) is 11.8. The van der Waals surface area contributed by atoms with Gasteiger partial charge in [0, 0.05) is 29.9 Å². The summed E-state index contributed by atoms with van der Waals surface area (Å²) in [6.45, 7) is 2.50. The summed E-state index contributed by atoms with van der Waals surface area (Å²) in [4.78, 5) is 30.5. The average Bonchev–Trinajstić information content (AvgIpc) is 2.96. The predicted molar refractivity (Wildman–Crippen MR) is 110 cm³/mol. The molecule has 0 saturated carbocycles. The Bertz CT molecular complexity index is 965. The molecule has 2 aromatic rings. The molecule has 158 valence electrons. The lowest BCUT2D eigenvalue weighted by Gasteiger charge is -2.35. The molecule has 1 fully saturated rings. The average molecular weight is 411 g/mol. The Kier molecular flexibility index (Phi) is 5.36. The topological polar surface area (TPSA) is 82.6 Å². The summed E-state index contributed by atoms with van der Waals surface area (Å²) in [5.41, 5.74) is 2.16. The molecule has 4 rings (SSSR count). The van der Waals surface area contributed by atoms with Crippen LogP contribution in [0.1, 0.15) is 24.2 Å². The van der Waals surface area contributed by atoms with Crippen molar-refractivity contribution in [2.45, 2.75) is 25.6 Å². The molecular weight excluding hydrogens is 386 g/mol. The monoisotopic (exact) mass is 411 g/mol. The van der Waals surface area contributed by atoms with Crippen LogP contribution in [0.4, 0.5) is 10.5 Å². The number of imide groups is 1. The van der Waals surface area contributed by atoms with Gasteiger partial charge >= 0.3 is 6.03 Å². The highest BCUT2D eigenvalue weighted by Gasteiger charge is 2.44. The maximum Gasteiger partial charge on any atom is 0.333 e. The summed E-state index contributed by atoms with van der Waals surface area (Å²) < 4.78 is 10.9. The lowest BCUT2D eigenvalue weighted by Crippen LogP contribution is -2.45. The number of nitrogens with zero attached hydrogens (tertiary/aromatic N) is 3. The first-order valence-corrected chi connectivity index (χ1v) is 9.80. The van der Waals surface area contributed by atoms with Crippen LogP contribution in [0.3, 0.4) is 0 Å². The third kappa shape index (κ3) is 3.28. The van der Waals surface area contributed by atoms with Crippen LogP contribution in [0.5, 0.6) is 11.5 Å². The fourth-order valence-electron chi connectivity index (χ4n) is 4.23. The molecule has 2 unspecified atom stereocenters. The first-order valence-electron chi connectivity index (χ1n) is 9.80. The SMILES string of the molecule is COc1ccc(OC)c2c1CN(CN1C(=O)C(C)N(c3ccccc3)C1=O)CC2O. The van der Waals surface area contributed by atoms with Crippen LogP contribution >= 0.6 is 0 Å². The number of benzene rings is 2. The molecule has 0 aliphatic carbocycles. The van der Waals surface area contributed by atoms with Crippen LogP contribution in [0.2, 0.25) is 0 Å². The van der Waals surface area contributed by atoms with Crippen molar-refractivity contribution in [1.29, 1.82) is 0 Å². The number of carbonyl (C=O) groups is 2. The summed E-state index contributed by atoms with van der Waals surface area (Å²) in [5, 5.41) is 10.8. The zero-order valence-corrected chi connectivity index (χ0v) is 17.2. The molecule has 2 aliphatic heterocycles. The van der Waals surface area contributed by atoms with E-state index >= 15 is 0 Å². The minimum atomic E-state index is -0.825. The number of para-hydroxylation sites is 1. The number of rotatable bonds is 5. The zero-order chi connectivity index (χ0) is 21.4. The van der Waals surface area contributed by atoms with Crippen LogP contribution in [-0.4, -0.2) is 60.3 Å². The van der Waals surface area contributed by atoms with E-state index < -0.39 is 12.1 Å². The number of aliphatic hydroxyl groups excluding tert-OH is 1. The molecule has 8 nitrogen and oxygen atoms in total. The highest BCUT2D eigenvalue weighted by atomic mass is 16.5. The van der Waals surface area contributed by atoms with E-state index in [1.807, 2.05) is 35.2 Å². The van der Waals surface area contributed by atoms with E-state index in [2.05, 4.69) is 0 Å². The van der Waals surface area contributed by atoms with Crippen LogP contribution in [0, 0.1) is 0 Å². The Morgan fingerprint density at radius 1 is 1.03 bits per heavy atom. The smallest absolute Gasteiger partial charge is 0.333 e. The van der Waals surface area contributed by atoms with Crippen molar-refractivity contribution >= 4 is 17.6 Å². The van der Waals surface area contributed by atoms with Gasteiger partial charge in [0.1, 0.15) is 17.5 Å². The maximum atomic E-state index is 13.0. The standard InChI is InChI=1S/C22H25N3O5/c1-14-21(27)24(22(28)25(14)15-7-5-4-6-8-15)13-23-11-16-18(29-2)9-10-19(30-3)20(16)17(26)12-23/h4-10,14,17,26H,11-13H2,1-3H3. The van der Waals surface area contributed by atoms with Crippen LogP contribution < -0.4 is 14.4 Å². The Labute approximate surface area is 175 Å². The highest BCUT2D eigenvalue weighted by molar-refractivity contribution is 6.14. The Morgan fingerprint density at radius 2 is 1.70 bits per heavy atom. The van der Waals surface area contributed by atoms with E-state index in [-0.39, 0.29) is 25.2 Å². The van der Waals surface area contributed by atoms with Gasteiger partial charge in [-0.15, -0.1) is 0 Å². The summed E-state index contributed by atoms with van der Waals surface area (Å²) in [5.74, 6) is 0.963. The van der Waals surface area contributed by atoms with E-state index in [9.17, 15) is 14.7 Å². The Morgan fingerprint density at radius 3 is 2.37 bits per heavy atom. The van der Waals surface area contributed by atoms with Crippen molar-refractivity contribution in [3.63, 3.8) is 0 Å². The molecule has 3 amide bonds. The molecule has 0 aromatic heterocycles. The Hall–Kier alpha value is -3.10. The second-order valence-corrected chi connectivity index (χ2v) is 7.46. The molecule has 0 spiro atoms. The van der Waals surface area contributed by atoms with E-state index in [1.54, 1.807) is 33.3 Å². The van der Waals surface area contributed by atoms with E-state index in [1.165, 1.54) is 9.80 Å². The minimum absolute atomic E-state index is 0.0855. The molecule has 2 aliphatic rings. The normalized spacial score (nSPS) is 21.7. The fraction of sp³-hybridized carbons (Fsp3) is 0.364. The van der Waals surface area contributed by atoms with Gasteiger partial charge in [-0.1, -0.05) is 18.2 Å². The van der Waals surface area contributed by atoms with Gasteiger partial charge in [-0.3, -0.25) is 14.6 Å². The predicted octanol–water partition coefficient (Wildman–Crippen LogP) is 2.37. The summed E-state index contributed by atoms with van der Waals surface area (Å²) >= 11 is 0. The lowest BCUT2D eigenvalue weighted by atomic mass is 9.95. The van der Waals surface area contributed by atoms with Gasteiger partial charge in [0.25, 0.3) is 5.91 Å². The number of ether oxygens (including phenoxy) is 2. The van der Waals surface area contributed by atoms with E-state index in [4.69, 9.17) is 9.47 Å². The number of β-amino-alcohol motifs (C(OH)–C–C–N with tert-alkyl or cyclic N) is 1. The van der Waals surface area contributed by atoms with Crippen molar-refractivity contribution in [3.8, 4) is 11.5 Å². The minimum Gasteiger partial charge on any atom is -0.496 e. The first-order chi connectivity index (χ1) is 14.5. The van der Waals surface area contributed by atoms with Gasteiger partial charge < -0.3 is 14.6 Å². The van der Waals surface area contributed by atoms with Gasteiger partial charge in [0.2, 0.25) is 0 Å². The number of aliphatic hydroxyl groups is 1. The third-order valence-electron chi connectivity index (χ3n) is 5.68. The molecular formula is C22H25N3O5. The highest BCUT2D eigenvalue weighted by Crippen LogP contribution is 2.39. The second kappa shape index (κ2) is 7.97. The molecule has 30 heavy (non-hydrogen) atoms. The molecule has 1 saturated heterocycles. The Balaban J connectivity index is 1.59. The van der Waals surface area contributed by atoms with E-state index in [0.717, 1.165) is 5.56 Å². The number of fused-ring (bicyclic) bond motifs is 1. The molecule has 0 bridgehead atoms. The van der Waals surface area contributed by atoms with Crippen molar-refractivity contribution in [3.05, 3.63) is 53.6 Å². The van der Waals surface area contributed by atoms with Gasteiger partial charge in [-0.2, -0.15) is 0 Å². The number of carbonyl (C=O) groups excluding carboxylic acids is 2. The van der Waals surface area contributed by atoms with E-state index in [0.29, 0.717) is 29.3 Å². The summed E-state index contributed by atoms with van der Waals surface area (Å²) in [6.07, 6.45) is -0.825. The zero-order valence-electron chi connectivity index (χ0n) is 17.2. The fourth-order valence-corrected chi connectivity index (χ4v) is 4.23. The van der Waals surface area contributed by atoms with Gasteiger partial charge in [0.05, 0.1) is 27.0 Å². The lowest BCUT2D eigenvalue weighted by molar-refractivity contribution is -0.128. The van der Waals surface area contributed by atoms with Gasteiger partial charge in [0.15, 0.2) is 0 Å². The number of hydrogen-bond donors (Lipinski definition) is 1. The van der Waals surface area contributed by atoms with Crippen molar-refractivity contribution < 1.29 is 24.2 Å². The molecule has 2 atom stereocenters. The number of urea groups is 1. The molecule has 1 N–H and O–H groups in total. The second-order valence-electron chi connectivity index (χ2n) is 7.46. The number of methoxy groups -OCH3 is 2. The van der Waals surface area contributed by atoms with Crippen LogP contribution in [-0.2, 0) is 11.3 Å². The molecule has 2 aromatic carbocycles.